The molecule has 1 N–H and O–H groups in total. The molecule has 2 unspecified atom stereocenters. The second-order valence-electron chi connectivity index (χ2n) is 9.07. The van der Waals surface area contributed by atoms with Crippen molar-refractivity contribution in [2.24, 2.45) is 11.8 Å². The molecule has 2 heterocycles. The van der Waals surface area contributed by atoms with Gasteiger partial charge in [0.15, 0.2) is 0 Å². The highest BCUT2D eigenvalue weighted by atomic mass is 16.2. The smallest absolute Gasteiger partial charge is 0.243 e. The molecule has 0 aliphatic carbocycles. The molecule has 30 heavy (non-hydrogen) atoms. The minimum Gasteiger partial charge on any atom is -0.354 e. The van der Waals surface area contributed by atoms with E-state index in [1.807, 2.05) is 44.5 Å². The van der Waals surface area contributed by atoms with Gasteiger partial charge in [-0.05, 0) is 42.9 Å². The third-order valence-corrected chi connectivity index (χ3v) is 5.67. The number of nitrogens with one attached hydrogen (secondary N) is 1. The fourth-order valence-corrected chi connectivity index (χ4v) is 4.10. The summed E-state index contributed by atoms with van der Waals surface area (Å²) in [6.07, 6.45) is 1.03. The van der Waals surface area contributed by atoms with Crippen LogP contribution in [0.25, 0.3) is 0 Å². The number of nitrogens with zero attached hydrogens (tertiary/aromatic N) is 3. The van der Waals surface area contributed by atoms with Gasteiger partial charge in [0.05, 0.1) is 5.69 Å². The number of carbonyl (C=O) groups is 2. The molecule has 0 fully saturated rings. The zero-order valence-electron chi connectivity index (χ0n) is 18.8. The zero-order chi connectivity index (χ0) is 21.8. The summed E-state index contributed by atoms with van der Waals surface area (Å²) in [6.45, 7) is 12.0. The summed E-state index contributed by atoms with van der Waals surface area (Å²) in [7, 11) is 0. The molecule has 1 aliphatic rings. The number of aryl methyl sites for hydroxylation is 2. The third-order valence-electron chi connectivity index (χ3n) is 5.67. The average Bonchev–Trinajstić information content (AvgIpc) is 3.01. The van der Waals surface area contributed by atoms with Gasteiger partial charge in [-0.1, -0.05) is 45.0 Å². The maximum Gasteiger partial charge on any atom is 0.243 e. The minimum absolute atomic E-state index is 0.0512. The van der Waals surface area contributed by atoms with Crippen LogP contribution in [0.1, 0.15) is 49.7 Å². The molecule has 1 aromatic carbocycles. The van der Waals surface area contributed by atoms with Crippen LogP contribution >= 0.6 is 0 Å². The number of aromatic nitrogens is 2. The van der Waals surface area contributed by atoms with E-state index in [9.17, 15) is 9.59 Å². The predicted molar refractivity (Wildman–Crippen MR) is 118 cm³/mol. The molecule has 162 valence electrons. The van der Waals surface area contributed by atoms with Crippen LogP contribution in [-0.4, -0.2) is 39.1 Å². The number of hydrogen-bond donors (Lipinski definition) is 1. The molecule has 6 heteroatoms. The molecule has 0 saturated carbocycles. The molecular weight excluding hydrogens is 376 g/mol. The Morgan fingerprint density at radius 3 is 2.50 bits per heavy atom. The lowest BCUT2D eigenvalue weighted by atomic mass is 9.92. The molecule has 3 rings (SSSR count). The van der Waals surface area contributed by atoms with E-state index in [1.165, 1.54) is 0 Å². The van der Waals surface area contributed by atoms with Crippen LogP contribution in [0, 0.1) is 25.7 Å². The zero-order valence-corrected chi connectivity index (χ0v) is 18.8. The Morgan fingerprint density at radius 2 is 1.87 bits per heavy atom. The molecule has 1 aromatic heterocycles. The molecule has 6 nitrogen and oxygen atoms in total. The number of amides is 2. The molecule has 2 amide bonds. The van der Waals surface area contributed by atoms with Gasteiger partial charge in [-0.2, -0.15) is 5.10 Å². The summed E-state index contributed by atoms with van der Waals surface area (Å²) in [5.41, 5.74) is 4.42. The molecule has 0 radical (unpaired) electrons. The van der Waals surface area contributed by atoms with E-state index in [2.05, 4.69) is 35.5 Å². The Morgan fingerprint density at radius 1 is 1.17 bits per heavy atom. The van der Waals surface area contributed by atoms with Gasteiger partial charge < -0.3 is 10.2 Å². The molecule has 0 bridgehead atoms. The first-order valence-corrected chi connectivity index (χ1v) is 10.9. The lowest BCUT2D eigenvalue weighted by molar-refractivity contribution is -0.142. The third kappa shape index (κ3) is 5.29. The standard InChI is InChI=1S/C24H34N4O2/c1-16(2)10-23(29)27-15-21-9-7-6-8-20(21)12-22(27)24(30)25-13-17(3)14-28-19(5)11-18(4)26-28/h6-9,11,16-17,22H,10,12-15H2,1-5H3,(H,25,30). The van der Waals surface area contributed by atoms with Crippen LogP contribution in [0.4, 0.5) is 0 Å². The lowest BCUT2D eigenvalue weighted by Crippen LogP contribution is -2.53. The Hall–Kier alpha value is -2.63. The van der Waals surface area contributed by atoms with Crippen molar-refractivity contribution in [3.63, 3.8) is 0 Å². The average molecular weight is 411 g/mol. The Kier molecular flexibility index (Phi) is 6.95. The van der Waals surface area contributed by atoms with Crippen LogP contribution in [0.15, 0.2) is 30.3 Å². The van der Waals surface area contributed by atoms with Crippen LogP contribution in [0.3, 0.4) is 0 Å². The highest BCUT2D eigenvalue weighted by molar-refractivity contribution is 5.88. The van der Waals surface area contributed by atoms with Crippen LogP contribution in [0.5, 0.6) is 0 Å². The Labute approximate surface area is 179 Å². The van der Waals surface area contributed by atoms with Gasteiger partial charge in [0.25, 0.3) is 0 Å². The topological polar surface area (TPSA) is 67.2 Å². The normalized spacial score (nSPS) is 17.0. The van der Waals surface area contributed by atoms with Gasteiger partial charge >= 0.3 is 0 Å². The summed E-state index contributed by atoms with van der Waals surface area (Å²) in [5.74, 6) is 0.485. The van der Waals surface area contributed by atoms with E-state index >= 15 is 0 Å². The van der Waals surface area contributed by atoms with Crippen molar-refractivity contribution in [3.05, 3.63) is 52.8 Å². The number of carbonyl (C=O) groups excluding carboxylic acids is 2. The quantitative estimate of drug-likeness (QED) is 0.762. The SMILES string of the molecule is Cc1cc(C)n(CC(C)CNC(=O)C2Cc3ccccc3CN2C(=O)CC(C)C)n1. The Balaban J connectivity index is 1.66. The van der Waals surface area contributed by atoms with E-state index in [1.54, 1.807) is 4.90 Å². The monoisotopic (exact) mass is 410 g/mol. The van der Waals surface area contributed by atoms with Crippen LogP contribution in [-0.2, 0) is 29.1 Å². The fourth-order valence-electron chi connectivity index (χ4n) is 4.10. The molecule has 1 aliphatic heterocycles. The summed E-state index contributed by atoms with van der Waals surface area (Å²) in [5, 5.41) is 7.60. The highest BCUT2D eigenvalue weighted by Gasteiger charge is 2.34. The van der Waals surface area contributed by atoms with Crippen molar-refractivity contribution in [2.75, 3.05) is 6.54 Å². The predicted octanol–water partition coefficient (Wildman–Crippen LogP) is 3.25. The Bertz CT molecular complexity index is 902. The first-order chi connectivity index (χ1) is 14.2. The van der Waals surface area contributed by atoms with Gasteiger partial charge in [0.2, 0.25) is 11.8 Å². The molecule has 2 aromatic rings. The summed E-state index contributed by atoms with van der Waals surface area (Å²) in [4.78, 5) is 27.8. The maximum absolute atomic E-state index is 13.1. The van der Waals surface area contributed by atoms with Crippen molar-refractivity contribution < 1.29 is 9.59 Å². The summed E-state index contributed by atoms with van der Waals surface area (Å²) >= 11 is 0. The number of benzene rings is 1. The van der Waals surface area contributed by atoms with E-state index in [0.717, 1.165) is 29.1 Å². The van der Waals surface area contributed by atoms with Crippen LogP contribution < -0.4 is 5.32 Å². The van der Waals surface area contributed by atoms with Gasteiger partial charge in [-0.25, -0.2) is 0 Å². The molecule has 2 atom stereocenters. The fraction of sp³-hybridized carbons (Fsp3) is 0.542. The number of fused-ring (bicyclic) bond motifs is 1. The summed E-state index contributed by atoms with van der Waals surface area (Å²) < 4.78 is 1.99. The molecule has 0 saturated heterocycles. The van der Waals surface area contributed by atoms with Crippen molar-refractivity contribution >= 4 is 11.8 Å². The van der Waals surface area contributed by atoms with E-state index in [4.69, 9.17) is 0 Å². The lowest BCUT2D eigenvalue weighted by Gasteiger charge is -2.36. The van der Waals surface area contributed by atoms with E-state index < -0.39 is 6.04 Å². The van der Waals surface area contributed by atoms with Crippen LogP contribution in [0.2, 0.25) is 0 Å². The maximum atomic E-state index is 13.1. The van der Waals surface area contributed by atoms with Crippen molar-refractivity contribution in [1.82, 2.24) is 20.0 Å². The minimum atomic E-state index is -0.452. The second kappa shape index (κ2) is 9.45. The van der Waals surface area contributed by atoms with E-state index in [-0.39, 0.29) is 23.7 Å². The van der Waals surface area contributed by atoms with Gasteiger partial charge in [0, 0.05) is 38.2 Å². The van der Waals surface area contributed by atoms with Gasteiger partial charge in [-0.15, -0.1) is 0 Å². The summed E-state index contributed by atoms with van der Waals surface area (Å²) in [6, 6.07) is 9.71. The largest absolute Gasteiger partial charge is 0.354 e. The second-order valence-corrected chi connectivity index (χ2v) is 9.07. The van der Waals surface area contributed by atoms with Crippen molar-refractivity contribution in [2.45, 2.75) is 66.6 Å². The first-order valence-electron chi connectivity index (χ1n) is 10.9. The van der Waals surface area contributed by atoms with E-state index in [0.29, 0.717) is 25.9 Å². The highest BCUT2D eigenvalue weighted by Crippen LogP contribution is 2.25. The van der Waals surface area contributed by atoms with Gasteiger partial charge in [-0.3, -0.25) is 14.3 Å². The van der Waals surface area contributed by atoms with Gasteiger partial charge in [0.1, 0.15) is 6.04 Å². The molecule has 0 spiro atoms. The number of rotatable bonds is 7. The number of hydrogen-bond acceptors (Lipinski definition) is 3. The van der Waals surface area contributed by atoms with Crippen molar-refractivity contribution in [3.8, 4) is 0 Å². The van der Waals surface area contributed by atoms with Crippen molar-refractivity contribution in [1.29, 1.82) is 0 Å². The first kappa shape index (κ1) is 22.1. The molecular formula is C24H34N4O2.